The van der Waals surface area contributed by atoms with Crippen molar-refractivity contribution in [2.45, 2.75) is 251 Å². The Morgan fingerprint density at radius 2 is 0.770 bits per heavy atom. The van der Waals surface area contributed by atoms with E-state index in [0.29, 0.717) is 6.42 Å². The van der Waals surface area contributed by atoms with Gasteiger partial charge in [0.25, 0.3) is 5.91 Å². The molecule has 0 aromatic rings. The average molecular weight is 859 g/mol. The van der Waals surface area contributed by atoms with Gasteiger partial charge in [0, 0.05) is 31.5 Å². The minimum atomic E-state index is -1.15. The lowest BCUT2D eigenvalue weighted by Crippen LogP contribution is -2.49. The van der Waals surface area contributed by atoms with Gasteiger partial charge in [0.05, 0.1) is 0 Å². The Bertz CT molecular complexity index is 1210. The summed E-state index contributed by atoms with van der Waals surface area (Å²) in [6.07, 6.45) is 40.2. The van der Waals surface area contributed by atoms with Gasteiger partial charge >= 0.3 is 0 Å². The highest BCUT2D eigenvalue weighted by atomic mass is 16.2. The first kappa shape index (κ1) is 57.2. The second kappa shape index (κ2) is 44.2. The van der Waals surface area contributed by atoms with Gasteiger partial charge in [-0.15, -0.1) is 0 Å². The molecule has 0 aromatic heterocycles. The lowest BCUT2D eigenvalue weighted by molar-refractivity contribution is -0.130. The number of guanidine groups is 1. The van der Waals surface area contributed by atoms with Gasteiger partial charge in [-0.25, -0.2) is 21.3 Å². The van der Waals surface area contributed by atoms with Crippen LogP contribution in [0.3, 0.4) is 0 Å². The first-order valence-corrected chi connectivity index (χ1v) is 24.6. The van der Waals surface area contributed by atoms with Crippen molar-refractivity contribution in [2.24, 2.45) is 31.8 Å². The van der Waals surface area contributed by atoms with Crippen molar-refractivity contribution in [3.05, 3.63) is 0 Å². The number of hydrogen-bond acceptors (Lipinski definition) is 8. The lowest BCUT2D eigenvalue weighted by atomic mass is 10.1. The molecule has 0 aromatic carbocycles. The number of carbonyl (C=O) groups excluding carboxylic acids is 4. The van der Waals surface area contributed by atoms with Crippen LogP contribution in [0.25, 0.3) is 0 Å². The van der Waals surface area contributed by atoms with E-state index in [1.165, 1.54) is 135 Å². The molecule has 14 nitrogen and oxygen atoms in total. The normalized spacial score (nSPS) is 12.5. The van der Waals surface area contributed by atoms with Crippen LogP contribution in [0, 0.1) is 0 Å². The highest BCUT2D eigenvalue weighted by Gasteiger charge is 2.27. The molecule has 0 aliphatic heterocycles. The zero-order valence-electron chi connectivity index (χ0n) is 39.0. The van der Waals surface area contributed by atoms with E-state index < -0.39 is 29.8 Å². The minimum Gasteiger partial charge on any atom is -0.370 e. The number of hydrazone groups is 3. The fraction of sp³-hybridized carbons (Fsp3) is 0.830. The second-order valence-electron chi connectivity index (χ2n) is 16.5. The van der Waals surface area contributed by atoms with E-state index in [1.54, 1.807) is 18.6 Å². The topological polar surface area (TPSA) is 218 Å². The van der Waals surface area contributed by atoms with Crippen molar-refractivity contribution >= 4 is 48.2 Å². The van der Waals surface area contributed by atoms with Crippen molar-refractivity contribution in [3.63, 3.8) is 0 Å². The van der Waals surface area contributed by atoms with E-state index in [-0.39, 0.29) is 37.6 Å². The summed E-state index contributed by atoms with van der Waals surface area (Å²) in [5.74, 6) is -2.35. The van der Waals surface area contributed by atoms with Crippen LogP contribution in [0.5, 0.6) is 0 Å². The highest BCUT2D eigenvalue weighted by Crippen LogP contribution is 2.13. The van der Waals surface area contributed by atoms with E-state index in [0.717, 1.165) is 51.4 Å². The quantitative estimate of drug-likeness (QED) is 0.0152. The Balaban J connectivity index is 5.05. The van der Waals surface area contributed by atoms with Crippen molar-refractivity contribution in [1.29, 1.82) is 0 Å². The first-order chi connectivity index (χ1) is 29.7. The predicted molar refractivity (Wildman–Crippen MR) is 255 cm³/mol. The Labute approximate surface area is 371 Å². The monoisotopic (exact) mass is 859 g/mol. The van der Waals surface area contributed by atoms with Gasteiger partial charge in [0.1, 0.15) is 12.1 Å². The maximum Gasteiger partial charge on any atom is 0.262 e. The van der Waals surface area contributed by atoms with Crippen LogP contribution in [-0.2, 0) is 19.2 Å². The zero-order valence-corrected chi connectivity index (χ0v) is 39.0. The summed E-state index contributed by atoms with van der Waals surface area (Å²) < 4.78 is 0. The molecule has 0 bridgehead atoms. The SMILES string of the molecule is CCCCCCCCCCC/C=N/NC(=O)CC[C@H](N=C(N)N)C(=O)N[C@@H](CCC(=O)N/N=C/CCCCCCCCCCC)C(=O)N/N=C/CCCCCCCCCCC. The molecule has 0 heterocycles. The van der Waals surface area contributed by atoms with Gasteiger partial charge in [0.15, 0.2) is 5.96 Å². The molecule has 14 heteroatoms. The third kappa shape index (κ3) is 40.0. The summed E-state index contributed by atoms with van der Waals surface area (Å²) in [5, 5.41) is 14.9. The fourth-order valence-corrected chi connectivity index (χ4v) is 6.88. The number of hydrogen-bond donors (Lipinski definition) is 6. The van der Waals surface area contributed by atoms with Crippen LogP contribution in [0.4, 0.5) is 0 Å². The number of nitrogens with one attached hydrogen (secondary N) is 4. The summed E-state index contributed by atoms with van der Waals surface area (Å²) in [7, 11) is 0. The molecule has 352 valence electrons. The molecule has 0 radical (unpaired) electrons. The Hall–Kier alpha value is -3.84. The van der Waals surface area contributed by atoms with Crippen LogP contribution in [0.1, 0.15) is 239 Å². The van der Waals surface area contributed by atoms with Crippen LogP contribution >= 0.6 is 0 Å². The summed E-state index contributed by atoms with van der Waals surface area (Å²) in [6.45, 7) is 6.68. The first-order valence-electron chi connectivity index (χ1n) is 24.6. The van der Waals surface area contributed by atoms with Gasteiger partial charge in [-0.2, -0.15) is 15.3 Å². The smallest absolute Gasteiger partial charge is 0.262 e. The Kier molecular flexibility index (Phi) is 41.4. The molecule has 2 atom stereocenters. The summed E-state index contributed by atoms with van der Waals surface area (Å²) in [6, 6.07) is -2.27. The fourth-order valence-electron chi connectivity index (χ4n) is 6.88. The number of rotatable bonds is 43. The number of unbranched alkanes of at least 4 members (excludes halogenated alkanes) is 27. The van der Waals surface area contributed by atoms with Crippen molar-refractivity contribution in [2.75, 3.05) is 0 Å². The maximum atomic E-state index is 13.5. The molecular formula is C47H90N10O4. The number of nitrogens with two attached hydrogens (primary N) is 2. The van der Waals surface area contributed by atoms with Crippen LogP contribution < -0.4 is 33.1 Å². The summed E-state index contributed by atoms with van der Waals surface area (Å²) >= 11 is 0. The molecule has 4 amide bonds. The molecule has 0 saturated heterocycles. The molecule has 8 N–H and O–H groups in total. The molecule has 0 fully saturated rings. The number of aliphatic imine (C=N–C) groups is 1. The van der Waals surface area contributed by atoms with Gasteiger partial charge < -0.3 is 16.8 Å². The molecular weight excluding hydrogens is 769 g/mol. The van der Waals surface area contributed by atoms with Gasteiger partial charge in [-0.3, -0.25) is 19.2 Å². The minimum absolute atomic E-state index is 0.0202. The van der Waals surface area contributed by atoms with Gasteiger partial charge in [-0.05, 0) is 51.4 Å². The predicted octanol–water partition coefficient (Wildman–Crippen LogP) is 9.74. The van der Waals surface area contributed by atoms with Crippen LogP contribution in [0.2, 0.25) is 0 Å². The van der Waals surface area contributed by atoms with Crippen LogP contribution in [-0.4, -0.2) is 60.3 Å². The highest BCUT2D eigenvalue weighted by molar-refractivity contribution is 5.92. The molecule has 0 spiro atoms. The Morgan fingerprint density at radius 3 is 1.13 bits per heavy atom. The molecule has 61 heavy (non-hydrogen) atoms. The molecule has 0 rings (SSSR count). The average Bonchev–Trinajstić information content (AvgIpc) is 3.24. The largest absolute Gasteiger partial charge is 0.370 e. The van der Waals surface area contributed by atoms with Crippen molar-refractivity contribution in [1.82, 2.24) is 21.6 Å². The third-order valence-corrected chi connectivity index (χ3v) is 10.7. The van der Waals surface area contributed by atoms with E-state index >= 15 is 0 Å². The van der Waals surface area contributed by atoms with E-state index in [9.17, 15) is 19.2 Å². The third-order valence-electron chi connectivity index (χ3n) is 10.7. The zero-order chi connectivity index (χ0) is 44.9. The van der Waals surface area contributed by atoms with E-state index in [4.69, 9.17) is 11.5 Å². The second-order valence-corrected chi connectivity index (χ2v) is 16.5. The van der Waals surface area contributed by atoms with Crippen LogP contribution in [0.15, 0.2) is 20.3 Å². The number of carbonyl (C=O) groups is 4. The van der Waals surface area contributed by atoms with Gasteiger partial charge in [-0.1, -0.05) is 175 Å². The van der Waals surface area contributed by atoms with Crippen molar-refractivity contribution < 1.29 is 19.2 Å². The molecule has 0 aliphatic rings. The van der Waals surface area contributed by atoms with E-state index in [1.807, 2.05) is 0 Å². The van der Waals surface area contributed by atoms with E-state index in [2.05, 4.69) is 62.7 Å². The summed E-state index contributed by atoms with van der Waals surface area (Å²) in [5.41, 5.74) is 18.8. The maximum absolute atomic E-state index is 13.5. The lowest BCUT2D eigenvalue weighted by Gasteiger charge is -2.19. The number of amides is 4. The summed E-state index contributed by atoms with van der Waals surface area (Å²) in [4.78, 5) is 56.0. The molecule has 0 saturated carbocycles. The van der Waals surface area contributed by atoms with Crippen molar-refractivity contribution in [3.8, 4) is 0 Å². The van der Waals surface area contributed by atoms with Gasteiger partial charge in [0.2, 0.25) is 17.7 Å². The molecule has 0 unspecified atom stereocenters. The number of nitrogens with zero attached hydrogens (tertiary/aromatic N) is 4. The Morgan fingerprint density at radius 1 is 0.443 bits per heavy atom. The standard InChI is InChI=1S/C47H90N10O4/c1-4-7-10-13-16-19-22-25-28-31-38-50-55-43(58)36-34-41(54-47(48)49)45(60)53-42(46(61)57-52-40-33-30-27-24-21-18-15-12-9-6-3)35-37-44(59)56-51-39-32-29-26-23-20-17-14-11-8-5-2/h38-42H,4-37H2,1-3H3,(H,53,60)(H,55,58)(H,56,59)(H,57,61)(H4,48,49,54)/b50-38+,51-39+,52-40+/t41-,42-/m0/s1. The molecule has 0 aliphatic carbocycles.